The highest BCUT2D eigenvalue weighted by Gasteiger charge is 2.24. The van der Waals surface area contributed by atoms with Crippen LogP contribution in [0.4, 0.5) is 11.9 Å². The van der Waals surface area contributed by atoms with Crippen molar-refractivity contribution in [3.05, 3.63) is 0 Å². The third kappa shape index (κ3) is 2.80. The second-order valence-corrected chi connectivity index (χ2v) is 5.05. The molecule has 100 valence electrons. The zero-order chi connectivity index (χ0) is 13.1. The van der Waals surface area contributed by atoms with Crippen molar-refractivity contribution in [1.29, 1.82) is 0 Å². The summed E-state index contributed by atoms with van der Waals surface area (Å²) < 4.78 is 5.11. The normalized spacial score (nSPS) is 23.9. The molecule has 0 bridgehead atoms. The summed E-state index contributed by atoms with van der Waals surface area (Å²) in [6.07, 6.45) is 1.26. The van der Waals surface area contributed by atoms with Crippen LogP contribution in [0.15, 0.2) is 0 Å². The van der Waals surface area contributed by atoms with Crippen LogP contribution >= 0.6 is 0 Å². The number of rotatable bonds is 3. The largest absolute Gasteiger partial charge is 0.467 e. The molecule has 1 fully saturated rings. The number of nitrogens with zero attached hydrogens (tertiary/aromatic N) is 4. The molecule has 2 unspecified atom stereocenters. The van der Waals surface area contributed by atoms with E-state index in [0.29, 0.717) is 29.7 Å². The van der Waals surface area contributed by atoms with Crippen LogP contribution in [0.2, 0.25) is 0 Å². The van der Waals surface area contributed by atoms with Crippen LogP contribution in [0.5, 0.6) is 6.01 Å². The van der Waals surface area contributed by atoms with Crippen LogP contribution in [0.3, 0.4) is 0 Å². The van der Waals surface area contributed by atoms with E-state index < -0.39 is 0 Å². The van der Waals surface area contributed by atoms with Crippen molar-refractivity contribution >= 4 is 11.9 Å². The first kappa shape index (κ1) is 12.9. The standard InChI is InChI=1S/C12H21N5O/c1-8-5-9(2)7-17(6-8)11-14-10(13-3)15-12(16-11)18-4/h8-9H,5-7H2,1-4H3,(H,13,14,15,16). The minimum absolute atomic E-state index is 0.357. The molecule has 1 N–H and O–H groups in total. The Morgan fingerprint density at radius 3 is 2.39 bits per heavy atom. The molecule has 1 aromatic heterocycles. The van der Waals surface area contributed by atoms with E-state index in [-0.39, 0.29) is 0 Å². The summed E-state index contributed by atoms with van der Waals surface area (Å²) in [7, 11) is 3.36. The molecule has 0 radical (unpaired) electrons. The fourth-order valence-electron chi connectivity index (χ4n) is 2.52. The van der Waals surface area contributed by atoms with E-state index in [0.717, 1.165) is 13.1 Å². The van der Waals surface area contributed by atoms with Gasteiger partial charge in [0.15, 0.2) is 0 Å². The molecular formula is C12H21N5O. The summed E-state index contributed by atoms with van der Waals surface area (Å²) in [5, 5.41) is 2.93. The Morgan fingerprint density at radius 2 is 1.83 bits per heavy atom. The predicted molar refractivity (Wildman–Crippen MR) is 71.1 cm³/mol. The van der Waals surface area contributed by atoms with Gasteiger partial charge in [-0.2, -0.15) is 15.0 Å². The minimum Gasteiger partial charge on any atom is -0.467 e. The highest BCUT2D eigenvalue weighted by atomic mass is 16.5. The predicted octanol–water partition coefficient (Wildman–Crippen LogP) is 1.40. The van der Waals surface area contributed by atoms with Gasteiger partial charge in [0.05, 0.1) is 7.11 Å². The van der Waals surface area contributed by atoms with Crippen molar-refractivity contribution in [2.24, 2.45) is 11.8 Å². The van der Waals surface area contributed by atoms with Crippen LogP contribution in [-0.2, 0) is 0 Å². The van der Waals surface area contributed by atoms with E-state index in [4.69, 9.17) is 4.74 Å². The lowest BCUT2D eigenvalue weighted by Crippen LogP contribution is -2.39. The van der Waals surface area contributed by atoms with Crippen molar-refractivity contribution in [2.45, 2.75) is 20.3 Å². The zero-order valence-corrected chi connectivity index (χ0v) is 11.5. The molecule has 2 heterocycles. The van der Waals surface area contributed by atoms with Crippen LogP contribution in [0.1, 0.15) is 20.3 Å². The average Bonchev–Trinajstić information content (AvgIpc) is 2.37. The Hall–Kier alpha value is -1.59. The summed E-state index contributed by atoms with van der Waals surface area (Å²) >= 11 is 0. The third-order valence-electron chi connectivity index (χ3n) is 3.16. The Kier molecular flexibility index (Phi) is 3.84. The maximum atomic E-state index is 5.11. The van der Waals surface area contributed by atoms with Gasteiger partial charge in [-0.3, -0.25) is 0 Å². The molecule has 0 aromatic carbocycles. The summed E-state index contributed by atoms with van der Waals surface area (Å²) in [6.45, 7) is 6.50. The van der Waals surface area contributed by atoms with Crippen molar-refractivity contribution in [2.75, 3.05) is 37.5 Å². The minimum atomic E-state index is 0.357. The van der Waals surface area contributed by atoms with Crippen molar-refractivity contribution < 1.29 is 4.74 Å². The first-order chi connectivity index (χ1) is 8.62. The van der Waals surface area contributed by atoms with Crippen LogP contribution in [0.25, 0.3) is 0 Å². The van der Waals surface area contributed by atoms with Crippen LogP contribution < -0.4 is 15.0 Å². The number of piperidine rings is 1. The molecule has 2 atom stereocenters. The van der Waals surface area contributed by atoms with E-state index in [2.05, 4.69) is 39.0 Å². The molecule has 1 aliphatic heterocycles. The Morgan fingerprint density at radius 1 is 1.17 bits per heavy atom. The molecular weight excluding hydrogens is 230 g/mol. The van der Waals surface area contributed by atoms with E-state index in [1.54, 1.807) is 14.2 Å². The number of hydrogen-bond acceptors (Lipinski definition) is 6. The van der Waals surface area contributed by atoms with Crippen LogP contribution in [0, 0.1) is 11.8 Å². The highest BCUT2D eigenvalue weighted by Crippen LogP contribution is 2.25. The average molecular weight is 251 g/mol. The van der Waals surface area contributed by atoms with Crippen molar-refractivity contribution in [3.8, 4) is 6.01 Å². The molecule has 1 aromatic rings. The highest BCUT2D eigenvalue weighted by molar-refractivity contribution is 5.38. The third-order valence-corrected chi connectivity index (χ3v) is 3.16. The molecule has 0 aliphatic carbocycles. The number of ether oxygens (including phenoxy) is 1. The van der Waals surface area contributed by atoms with Crippen molar-refractivity contribution in [1.82, 2.24) is 15.0 Å². The topological polar surface area (TPSA) is 63.2 Å². The number of hydrogen-bond donors (Lipinski definition) is 1. The Balaban J connectivity index is 2.25. The molecule has 2 rings (SSSR count). The summed E-state index contributed by atoms with van der Waals surface area (Å²) in [5.74, 6) is 2.57. The lowest BCUT2D eigenvalue weighted by atomic mass is 9.92. The van der Waals surface area contributed by atoms with Crippen LogP contribution in [-0.4, -0.2) is 42.2 Å². The lowest BCUT2D eigenvalue weighted by molar-refractivity contribution is 0.348. The van der Waals surface area contributed by atoms with Gasteiger partial charge in [-0.15, -0.1) is 0 Å². The Bertz CT molecular complexity index is 379. The zero-order valence-electron chi connectivity index (χ0n) is 11.5. The maximum absolute atomic E-state index is 5.11. The summed E-state index contributed by atoms with van der Waals surface area (Å²) in [4.78, 5) is 15.1. The number of methoxy groups -OCH3 is 1. The summed E-state index contributed by atoms with van der Waals surface area (Å²) in [6, 6.07) is 0.357. The first-order valence-corrected chi connectivity index (χ1v) is 6.35. The van der Waals surface area contributed by atoms with Gasteiger partial charge in [0, 0.05) is 20.1 Å². The molecule has 1 aliphatic rings. The van der Waals surface area contributed by atoms with Crippen molar-refractivity contribution in [3.63, 3.8) is 0 Å². The van der Waals surface area contributed by atoms with E-state index >= 15 is 0 Å². The van der Waals surface area contributed by atoms with Gasteiger partial charge in [0.25, 0.3) is 0 Å². The molecule has 0 amide bonds. The van der Waals surface area contributed by atoms with Gasteiger partial charge >= 0.3 is 6.01 Å². The molecule has 6 nitrogen and oxygen atoms in total. The van der Waals surface area contributed by atoms with Gasteiger partial charge in [-0.1, -0.05) is 13.8 Å². The van der Waals surface area contributed by atoms with Gasteiger partial charge < -0.3 is 15.0 Å². The quantitative estimate of drug-likeness (QED) is 0.876. The Labute approximate surface area is 108 Å². The summed E-state index contributed by atoms with van der Waals surface area (Å²) in [5.41, 5.74) is 0. The number of aromatic nitrogens is 3. The van der Waals surface area contributed by atoms with E-state index in [9.17, 15) is 0 Å². The molecule has 0 spiro atoms. The van der Waals surface area contributed by atoms with Gasteiger partial charge in [0.1, 0.15) is 0 Å². The lowest BCUT2D eigenvalue weighted by Gasteiger charge is -2.34. The second-order valence-electron chi connectivity index (χ2n) is 5.05. The molecule has 6 heteroatoms. The van der Waals surface area contributed by atoms with E-state index in [1.165, 1.54) is 6.42 Å². The molecule has 18 heavy (non-hydrogen) atoms. The van der Waals surface area contributed by atoms with Gasteiger partial charge in [-0.25, -0.2) is 0 Å². The van der Waals surface area contributed by atoms with E-state index in [1.807, 2.05) is 0 Å². The molecule has 0 saturated carbocycles. The fraction of sp³-hybridized carbons (Fsp3) is 0.750. The smallest absolute Gasteiger partial charge is 0.322 e. The molecule has 1 saturated heterocycles. The maximum Gasteiger partial charge on any atom is 0.322 e. The fourth-order valence-corrected chi connectivity index (χ4v) is 2.52. The monoisotopic (exact) mass is 251 g/mol. The van der Waals surface area contributed by atoms with Gasteiger partial charge in [-0.05, 0) is 18.3 Å². The van der Waals surface area contributed by atoms with Gasteiger partial charge in [0.2, 0.25) is 11.9 Å². The number of nitrogens with one attached hydrogen (secondary N) is 1. The second kappa shape index (κ2) is 5.37. The number of anilines is 2. The first-order valence-electron chi connectivity index (χ1n) is 6.35. The SMILES string of the molecule is CNc1nc(OC)nc(N2CC(C)CC(C)C2)n1.